The van der Waals surface area contributed by atoms with Gasteiger partial charge >= 0.3 is 0 Å². The molecule has 4 aromatic rings. The number of fused-ring (bicyclic) bond motifs is 1. The van der Waals surface area contributed by atoms with Gasteiger partial charge in [-0.3, -0.25) is 8.71 Å². The fraction of sp³-hybridized carbons (Fsp3) is 0.100. The standard InChI is InChI=1S/C20H17FN4O2S/c1-15-4-2-5-16(12-15)13-25(18-9-7-17(21)8-10-18)28(26,27)19-6-3-11-24-14-22-23-20(19)24/h2-12,14H,13H2,1H3. The van der Waals surface area contributed by atoms with Gasteiger partial charge in [0.1, 0.15) is 17.0 Å². The molecule has 0 saturated heterocycles. The molecular formula is C20H17FN4O2S. The van der Waals surface area contributed by atoms with Gasteiger partial charge in [0.05, 0.1) is 12.2 Å². The smallest absolute Gasteiger partial charge is 0.268 e. The van der Waals surface area contributed by atoms with Gasteiger partial charge in [-0.2, -0.15) is 0 Å². The van der Waals surface area contributed by atoms with Crippen LogP contribution in [0, 0.1) is 12.7 Å². The Hall–Kier alpha value is -3.26. The van der Waals surface area contributed by atoms with Gasteiger partial charge in [-0.1, -0.05) is 29.8 Å². The van der Waals surface area contributed by atoms with Crippen LogP contribution in [-0.2, 0) is 16.6 Å². The number of hydrogen-bond donors (Lipinski definition) is 0. The maximum absolute atomic E-state index is 13.6. The monoisotopic (exact) mass is 396 g/mol. The Labute approximate surface area is 161 Å². The minimum atomic E-state index is -3.99. The first-order chi connectivity index (χ1) is 13.4. The Morgan fingerprint density at radius 3 is 2.61 bits per heavy atom. The first kappa shape index (κ1) is 18.1. The van der Waals surface area contributed by atoms with Crippen molar-refractivity contribution in [1.29, 1.82) is 0 Å². The molecule has 0 aliphatic heterocycles. The van der Waals surface area contributed by atoms with E-state index in [1.807, 2.05) is 31.2 Å². The minimum absolute atomic E-state index is 0.0319. The third-order valence-corrected chi connectivity index (χ3v) is 6.17. The summed E-state index contributed by atoms with van der Waals surface area (Å²) < 4.78 is 43.4. The van der Waals surface area contributed by atoms with E-state index in [2.05, 4.69) is 10.2 Å². The fourth-order valence-electron chi connectivity index (χ4n) is 3.04. The van der Waals surface area contributed by atoms with E-state index in [1.54, 1.807) is 16.7 Å². The first-order valence-corrected chi connectivity index (χ1v) is 10.0. The second-order valence-corrected chi connectivity index (χ2v) is 8.24. The van der Waals surface area contributed by atoms with Crippen molar-refractivity contribution in [2.24, 2.45) is 0 Å². The van der Waals surface area contributed by atoms with Crippen LogP contribution < -0.4 is 4.31 Å². The molecule has 0 radical (unpaired) electrons. The Kier molecular flexibility index (Phi) is 4.56. The summed E-state index contributed by atoms with van der Waals surface area (Å²) in [5.74, 6) is -0.434. The lowest BCUT2D eigenvalue weighted by atomic mass is 10.1. The third kappa shape index (κ3) is 3.34. The highest BCUT2D eigenvalue weighted by atomic mass is 32.2. The summed E-state index contributed by atoms with van der Waals surface area (Å²) >= 11 is 0. The van der Waals surface area contributed by atoms with Crippen LogP contribution in [-0.4, -0.2) is 23.0 Å². The van der Waals surface area contributed by atoms with Gasteiger partial charge in [0.15, 0.2) is 5.65 Å². The van der Waals surface area contributed by atoms with Crippen LogP contribution >= 0.6 is 0 Å². The van der Waals surface area contributed by atoms with Gasteiger partial charge in [0.2, 0.25) is 0 Å². The molecule has 0 amide bonds. The molecule has 0 aliphatic carbocycles. The van der Waals surface area contributed by atoms with Gasteiger partial charge in [-0.25, -0.2) is 12.8 Å². The van der Waals surface area contributed by atoms with Crippen molar-refractivity contribution in [2.45, 2.75) is 18.4 Å². The van der Waals surface area contributed by atoms with Gasteiger partial charge in [0.25, 0.3) is 10.0 Å². The molecule has 0 atom stereocenters. The largest absolute Gasteiger partial charge is 0.288 e. The molecule has 2 aromatic carbocycles. The number of hydrogen-bond acceptors (Lipinski definition) is 4. The number of aryl methyl sites for hydroxylation is 1. The van der Waals surface area contributed by atoms with E-state index in [9.17, 15) is 12.8 Å². The number of halogens is 1. The van der Waals surface area contributed by atoms with Gasteiger partial charge in [0, 0.05) is 6.20 Å². The van der Waals surface area contributed by atoms with E-state index in [4.69, 9.17) is 0 Å². The quantitative estimate of drug-likeness (QED) is 0.517. The molecule has 0 spiro atoms. The summed E-state index contributed by atoms with van der Waals surface area (Å²) in [6.45, 7) is 2.04. The molecular weight excluding hydrogens is 379 g/mol. The number of anilines is 1. The van der Waals surface area contributed by atoms with E-state index in [0.717, 1.165) is 11.1 Å². The summed E-state index contributed by atoms with van der Waals surface area (Å²) in [6.07, 6.45) is 3.12. The highest BCUT2D eigenvalue weighted by Crippen LogP contribution is 2.28. The van der Waals surface area contributed by atoms with Crippen molar-refractivity contribution in [3.8, 4) is 0 Å². The van der Waals surface area contributed by atoms with Gasteiger partial charge < -0.3 is 0 Å². The van der Waals surface area contributed by atoms with E-state index in [-0.39, 0.29) is 17.1 Å². The maximum Gasteiger partial charge on any atom is 0.268 e. The molecule has 6 nitrogen and oxygen atoms in total. The van der Waals surface area contributed by atoms with E-state index in [0.29, 0.717) is 5.69 Å². The predicted molar refractivity (Wildman–Crippen MR) is 104 cm³/mol. The minimum Gasteiger partial charge on any atom is -0.288 e. The predicted octanol–water partition coefficient (Wildman–Crippen LogP) is 3.57. The summed E-state index contributed by atoms with van der Waals surface area (Å²) in [5.41, 5.74) is 2.44. The highest BCUT2D eigenvalue weighted by Gasteiger charge is 2.28. The zero-order valence-electron chi connectivity index (χ0n) is 15.0. The summed E-state index contributed by atoms with van der Waals surface area (Å²) in [6, 6.07) is 16.1. The molecule has 8 heteroatoms. The molecule has 2 heterocycles. The molecule has 142 valence electrons. The van der Waals surface area contributed by atoms with Crippen LogP contribution in [0.3, 0.4) is 0 Å². The summed E-state index contributed by atoms with van der Waals surface area (Å²) in [4.78, 5) is 0.0319. The van der Waals surface area contributed by atoms with Crippen molar-refractivity contribution in [3.05, 3.63) is 90.1 Å². The molecule has 0 saturated carbocycles. The van der Waals surface area contributed by atoms with Crippen LogP contribution in [0.25, 0.3) is 5.65 Å². The Morgan fingerprint density at radius 2 is 1.86 bits per heavy atom. The summed E-state index contributed by atoms with van der Waals surface area (Å²) in [7, 11) is -3.99. The number of rotatable bonds is 5. The lowest BCUT2D eigenvalue weighted by molar-refractivity contribution is 0.590. The molecule has 2 aromatic heterocycles. The SMILES string of the molecule is Cc1cccc(CN(c2ccc(F)cc2)S(=O)(=O)c2cccn3cnnc23)c1. The average molecular weight is 396 g/mol. The van der Waals surface area contributed by atoms with E-state index in [1.165, 1.54) is 41.0 Å². The van der Waals surface area contributed by atoms with Crippen molar-refractivity contribution in [3.63, 3.8) is 0 Å². The third-order valence-electron chi connectivity index (χ3n) is 4.38. The second kappa shape index (κ2) is 7.05. The van der Waals surface area contributed by atoms with Crippen LogP contribution in [0.5, 0.6) is 0 Å². The Morgan fingerprint density at radius 1 is 1.07 bits per heavy atom. The van der Waals surface area contributed by atoms with Crippen molar-refractivity contribution >= 4 is 21.4 Å². The lowest BCUT2D eigenvalue weighted by Crippen LogP contribution is -2.31. The molecule has 28 heavy (non-hydrogen) atoms. The molecule has 0 unspecified atom stereocenters. The fourth-order valence-corrected chi connectivity index (χ4v) is 4.63. The van der Waals surface area contributed by atoms with Crippen LogP contribution in [0.15, 0.2) is 78.1 Å². The Balaban J connectivity index is 1.86. The molecule has 4 rings (SSSR count). The first-order valence-electron chi connectivity index (χ1n) is 8.57. The Bertz CT molecular complexity index is 1240. The number of benzene rings is 2. The maximum atomic E-state index is 13.6. The normalized spacial score (nSPS) is 11.6. The second-order valence-electron chi connectivity index (χ2n) is 6.41. The van der Waals surface area contributed by atoms with Gasteiger partial charge in [-0.15, -0.1) is 10.2 Å². The molecule has 0 N–H and O–H groups in total. The van der Waals surface area contributed by atoms with Crippen LogP contribution in [0.4, 0.5) is 10.1 Å². The van der Waals surface area contributed by atoms with Gasteiger partial charge in [-0.05, 0) is 48.9 Å². The van der Waals surface area contributed by atoms with Crippen molar-refractivity contribution in [2.75, 3.05) is 4.31 Å². The zero-order chi connectivity index (χ0) is 19.7. The van der Waals surface area contributed by atoms with E-state index < -0.39 is 15.8 Å². The van der Waals surface area contributed by atoms with Crippen molar-refractivity contribution in [1.82, 2.24) is 14.6 Å². The topological polar surface area (TPSA) is 67.6 Å². The molecule has 0 fully saturated rings. The number of nitrogens with zero attached hydrogens (tertiary/aromatic N) is 4. The molecule has 0 bridgehead atoms. The number of pyridine rings is 1. The summed E-state index contributed by atoms with van der Waals surface area (Å²) in [5, 5.41) is 7.74. The lowest BCUT2D eigenvalue weighted by Gasteiger charge is -2.25. The zero-order valence-corrected chi connectivity index (χ0v) is 15.8. The number of sulfonamides is 1. The average Bonchev–Trinajstić information content (AvgIpc) is 3.15. The highest BCUT2D eigenvalue weighted by molar-refractivity contribution is 7.93. The van der Waals surface area contributed by atoms with Crippen LogP contribution in [0.2, 0.25) is 0 Å². The van der Waals surface area contributed by atoms with Crippen LogP contribution in [0.1, 0.15) is 11.1 Å². The van der Waals surface area contributed by atoms with E-state index >= 15 is 0 Å². The van der Waals surface area contributed by atoms with Crippen molar-refractivity contribution < 1.29 is 12.8 Å². The number of aromatic nitrogens is 3. The molecule has 0 aliphatic rings.